The molecule has 1 N–H and O–H groups in total. The predicted octanol–water partition coefficient (Wildman–Crippen LogP) is 5.27. The normalized spacial score (nSPS) is 19.5. The Morgan fingerprint density at radius 1 is 1.19 bits per heavy atom. The zero-order valence-electron chi connectivity index (χ0n) is 16.6. The number of hydrogen-bond donors (Lipinski definition) is 1. The van der Waals surface area contributed by atoms with Crippen LogP contribution >= 0.6 is 22.9 Å². The third-order valence-electron chi connectivity index (χ3n) is 5.72. The Hall–Kier alpha value is -3.09. The van der Waals surface area contributed by atoms with Crippen LogP contribution in [0.2, 0.25) is 5.02 Å². The fraction of sp³-hybridized carbons (Fsp3) is 0.167. The summed E-state index contributed by atoms with van der Waals surface area (Å²) >= 11 is 7.73. The largest absolute Gasteiger partial charge is 0.507 e. The van der Waals surface area contributed by atoms with E-state index in [0.717, 1.165) is 22.6 Å². The molecule has 0 saturated carbocycles. The number of carbonyl (C=O) groups is 2. The lowest BCUT2D eigenvalue weighted by atomic mass is 9.98. The topological polar surface area (TPSA) is 66.8 Å². The average molecular weight is 452 g/mol. The highest BCUT2D eigenvalue weighted by molar-refractivity contribution is 7.10. The smallest absolute Gasteiger partial charge is 0.300 e. The third kappa shape index (κ3) is 3.14. The Morgan fingerprint density at radius 3 is 2.81 bits per heavy atom. The molecule has 1 atom stereocenters. The number of ether oxygens (including phenoxy) is 1. The van der Waals surface area contributed by atoms with Crippen molar-refractivity contribution in [2.45, 2.75) is 19.4 Å². The SMILES string of the molecule is Cc1c(Cl)cccc1N1C(=O)C(=O)/C(=C(\O)c2ccc3c(c2)CCO3)C1c1cccs1. The molecule has 3 heterocycles. The summed E-state index contributed by atoms with van der Waals surface area (Å²) in [6.45, 7) is 2.40. The number of thiophene rings is 1. The molecule has 0 radical (unpaired) electrons. The fourth-order valence-corrected chi connectivity index (χ4v) is 5.14. The number of hydrogen-bond acceptors (Lipinski definition) is 5. The highest BCUT2D eigenvalue weighted by Crippen LogP contribution is 2.45. The quantitative estimate of drug-likeness (QED) is 0.334. The maximum Gasteiger partial charge on any atom is 0.300 e. The van der Waals surface area contributed by atoms with Crippen molar-refractivity contribution in [3.63, 3.8) is 0 Å². The summed E-state index contributed by atoms with van der Waals surface area (Å²) < 4.78 is 5.54. The van der Waals surface area contributed by atoms with Gasteiger partial charge in [-0.25, -0.2) is 0 Å². The Balaban J connectivity index is 1.71. The molecule has 1 unspecified atom stereocenters. The highest BCUT2D eigenvalue weighted by atomic mass is 35.5. The molecule has 0 spiro atoms. The second-order valence-corrected chi connectivity index (χ2v) is 8.88. The molecule has 0 bridgehead atoms. The van der Waals surface area contributed by atoms with E-state index >= 15 is 0 Å². The molecule has 2 aliphatic rings. The number of aliphatic hydroxyl groups excluding tert-OH is 1. The molecule has 7 heteroatoms. The van der Waals surface area contributed by atoms with Crippen LogP contribution in [0.4, 0.5) is 5.69 Å². The lowest BCUT2D eigenvalue weighted by molar-refractivity contribution is -0.132. The van der Waals surface area contributed by atoms with E-state index in [2.05, 4.69) is 0 Å². The van der Waals surface area contributed by atoms with Crippen LogP contribution in [0.3, 0.4) is 0 Å². The molecule has 2 aliphatic heterocycles. The van der Waals surface area contributed by atoms with Gasteiger partial charge in [0, 0.05) is 27.6 Å². The molecule has 1 saturated heterocycles. The van der Waals surface area contributed by atoms with Gasteiger partial charge in [-0.2, -0.15) is 0 Å². The molecule has 3 aromatic rings. The summed E-state index contributed by atoms with van der Waals surface area (Å²) in [7, 11) is 0. The van der Waals surface area contributed by atoms with Crippen LogP contribution in [-0.4, -0.2) is 23.4 Å². The van der Waals surface area contributed by atoms with Gasteiger partial charge in [-0.15, -0.1) is 11.3 Å². The van der Waals surface area contributed by atoms with Crippen molar-refractivity contribution in [2.75, 3.05) is 11.5 Å². The van der Waals surface area contributed by atoms with Gasteiger partial charge in [0.05, 0.1) is 12.2 Å². The van der Waals surface area contributed by atoms with Crippen molar-refractivity contribution in [3.8, 4) is 5.75 Å². The summed E-state index contributed by atoms with van der Waals surface area (Å²) in [5, 5.41) is 13.6. The van der Waals surface area contributed by atoms with Crippen molar-refractivity contribution >= 4 is 46.1 Å². The van der Waals surface area contributed by atoms with Gasteiger partial charge in [-0.3, -0.25) is 14.5 Å². The average Bonchev–Trinajstić information content (AvgIpc) is 3.50. The molecular formula is C24H18ClNO4S. The number of aliphatic hydroxyl groups is 1. The van der Waals surface area contributed by atoms with E-state index in [0.29, 0.717) is 28.4 Å². The lowest BCUT2D eigenvalue weighted by Crippen LogP contribution is -2.29. The van der Waals surface area contributed by atoms with Crippen molar-refractivity contribution in [2.24, 2.45) is 0 Å². The van der Waals surface area contributed by atoms with Gasteiger partial charge < -0.3 is 9.84 Å². The molecule has 156 valence electrons. The van der Waals surface area contributed by atoms with E-state index in [9.17, 15) is 14.7 Å². The number of benzene rings is 2. The Kier molecular flexibility index (Phi) is 4.84. The number of carbonyl (C=O) groups excluding carboxylic acids is 2. The molecule has 5 nitrogen and oxygen atoms in total. The summed E-state index contributed by atoms with van der Waals surface area (Å²) in [6, 6.07) is 13.6. The van der Waals surface area contributed by atoms with E-state index in [4.69, 9.17) is 16.3 Å². The number of amides is 1. The first kappa shape index (κ1) is 19.8. The Labute approximate surface area is 188 Å². The molecule has 31 heavy (non-hydrogen) atoms. The predicted molar refractivity (Wildman–Crippen MR) is 121 cm³/mol. The Bertz CT molecular complexity index is 1250. The maximum atomic E-state index is 13.2. The van der Waals surface area contributed by atoms with Crippen LogP contribution in [-0.2, 0) is 16.0 Å². The minimum Gasteiger partial charge on any atom is -0.507 e. The highest BCUT2D eigenvalue weighted by Gasteiger charge is 2.48. The van der Waals surface area contributed by atoms with Crippen molar-refractivity contribution < 1.29 is 19.4 Å². The van der Waals surface area contributed by atoms with Crippen LogP contribution in [0, 0.1) is 6.92 Å². The zero-order chi connectivity index (χ0) is 21.7. The van der Waals surface area contributed by atoms with Crippen LogP contribution in [0.25, 0.3) is 5.76 Å². The van der Waals surface area contributed by atoms with E-state index in [1.54, 1.807) is 30.3 Å². The summed E-state index contributed by atoms with van der Waals surface area (Å²) in [4.78, 5) is 28.6. The molecule has 1 aromatic heterocycles. The molecule has 5 rings (SSSR count). The van der Waals surface area contributed by atoms with Crippen LogP contribution in [0.15, 0.2) is 59.5 Å². The minimum atomic E-state index is -0.735. The second kappa shape index (κ2) is 7.55. The van der Waals surface area contributed by atoms with Crippen molar-refractivity contribution in [3.05, 3.63) is 86.1 Å². The van der Waals surface area contributed by atoms with Gasteiger partial charge in [-0.05, 0) is 59.8 Å². The van der Waals surface area contributed by atoms with Gasteiger partial charge in [0.1, 0.15) is 17.6 Å². The number of rotatable bonds is 3. The van der Waals surface area contributed by atoms with E-state index in [1.807, 2.05) is 30.5 Å². The van der Waals surface area contributed by atoms with Crippen LogP contribution in [0.5, 0.6) is 5.75 Å². The number of anilines is 1. The zero-order valence-corrected chi connectivity index (χ0v) is 18.2. The lowest BCUT2D eigenvalue weighted by Gasteiger charge is -2.26. The van der Waals surface area contributed by atoms with Crippen LogP contribution in [0.1, 0.15) is 27.6 Å². The number of nitrogens with zero attached hydrogens (tertiary/aromatic N) is 1. The van der Waals surface area contributed by atoms with Gasteiger partial charge in [-0.1, -0.05) is 23.7 Å². The molecule has 1 fully saturated rings. The molecule has 2 aromatic carbocycles. The molecule has 0 aliphatic carbocycles. The van der Waals surface area contributed by atoms with E-state index < -0.39 is 17.7 Å². The molecular weight excluding hydrogens is 434 g/mol. The standard InChI is InChI=1S/C24H18ClNO4S/c1-13-16(25)4-2-5-17(13)26-21(19-6-3-11-31-19)20(23(28)24(26)29)22(27)15-7-8-18-14(12-15)9-10-30-18/h2-8,11-12,21,27H,9-10H2,1H3/b22-20-. The second-order valence-electron chi connectivity index (χ2n) is 7.49. The summed E-state index contributed by atoms with van der Waals surface area (Å²) in [5.41, 5.74) is 2.78. The number of ketones is 1. The number of halogens is 1. The first-order chi connectivity index (χ1) is 15.0. The van der Waals surface area contributed by atoms with E-state index in [1.165, 1.54) is 16.2 Å². The summed E-state index contributed by atoms with van der Waals surface area (Å²) in [5.74, 6) is -0.808. The van der Waals surface area contributed by atoms with Gasteiger partial charge in [0.15, 0.2) is 0 Å². The Morgan fingerprint density at radius 2 is 2.03 bits per heavy atom. The molecule has 1 amide bonds. The van der Waals surface area contributed by atoms with E-state index in [-0.39, 0.29) is 11.3 Å². The van der Waals surface area contributed by atoms with Crippen molar-refractivity contribution in [1.82, 2.24) is 0 Å². The summed E-state index contributed by atoms with van der Waals surface area (Å²) in [6.07, 6.45) is 0.737. The monoisotopic (exact) mass is 451 g/mol. The van der Waals surface area contributed by atoms with Gasteiger partial charge in [0.2, 0.25) is 0 Å². The van der Waals surface area contributed by atoms with Gasteiger partial charge >= 0.3 is 0 Å². The number of Topliss-reactive ketones (excluding diaryl/α,β-unsaturated/α-hetero) is 1. The first-order valence-electron chi connectivity index (χ1n) is 9.83. The fourth-order valence-electron chi connectivity index (χ4n) is 4.14. The van der Waals surface area contributed by atoms with Gasteiger partial charge in [0.25, 0.3) is 11.7 Å². The maximum absolute atomic E-state index is 13.2. The number of fused-ring (bicyclic) bond motifs is 1. The van der Waals surface area contributed by atoms with Crippen LogP contribution < -0.4 is 9.64 Å². The minimum absolute atomic E-state index is 0.0747. The van der Waals surface area contributed by atoms with Crippen molar-refractivity contribution in [1.29, 1.82) is 0 Å². The third-order valence-corrected chi connectivity index (χ3v) is 7.05. The first-order valence-corrected chi connectivity index (χ1v) is 11.1.